The molecule has 0 amide bonds. The summed E-state index contributed by atoms with van der Waals surface area (Å²) in [6.07, 6.45) is 2.73. The lowest BCUT2D eigenvalue weighted by molar-refractivity contribution is 0.0961. The zero-order chi connectivity index (χ0) is 13.1. The fourth-order valence-electron chi connectivity index (χ4n) is 2.05. The first-order chi connectivity index (χ1) is 8.63. The summed E-state index contributed by atoms with van der Waals surface area (Å²) in [5, 5.41) is 0. The minimum atomic E-state index is -0.506. The first kappa shape index (κ1) is 13.0. The third kappa shape index (κ3) is 2.88. The van der Waals surface area contributed by atoms with Crippen LogP contribution in [0.25, 0.3) is 0 Å². The molecule has 0 saturated heterocycles. The number of halogens is 1. The van der Waals surface area contributed by atoms with Crippen molar-refractivity contribution in [3.05, 3.63) is 29.6 Å². The zero-order valence-corrected chi connectivity index (χ0v) is 10.8. The second-order valence-electron chi connectivity index (χ2n) is 4.70. The van der Waals surface area contributed by atoms with Crippen LogP contribution in [0.3, 0.4) is 0 Å². The number of hydrogen-bond acceptors (Lipinski definition) is 3. The Morgan fingerprint density at radius 1 is 1.50 bits per heavy atom. The molecule has 0 bridgehead atoms. The van der Waals surface area contributed by atoms with E-state index in [2.05, 4.69) is 4.90 Å². The molecule has 0 unspecified atom stereocenters. The van der Waals surface area contributed by atoms with Gasteiger partial charge in [-0.15, -0.1) is 0 Å². The minimum absolute atomic E-state index is 0.0733. The van der Waals surface area contributed by atoms with Crippen molar-refractivity contribution in [3.8, 4) is 5.75 Å². The molecule has 3 nitrogen and oxygen atoms in total. The predicted molar refractivity (Wildman–Crippen MR) is 67.6 cm³/mol. The fourth-order valence-corrected chi connectivity index (χ4v) is 2.05. The highest BCUT2D eigenvalue weighted by molar-refractivity contribution is 5.99. The van der Waals surface area contributed by atoms with Gasteiger partial charge in [-0.25, -0.2) is 4.39 Å². The van der Waals surface area contributed by atoms with Crippen molar-refractivity contribution in [2.75, 3.05) is 20.7 Å². The second-order valence-corrected chi connectivity index (χ2v) is 4.70. The van der Waals surface area contributed by atoms with Crippen molar-refractivity contribution in [1.29, 1.82) is 0 Å². The van der Waals surface area contributed by atoms with Gasteiger partial charge in [0.25, 0.3) is 0 Å². The van der Waals surface area contributed by atoms with Crippen LogP contribution in [-0.2, 0) is 0 Å². The van der Waals surface area contributed by atoms with Crippen LogP contribution in [0, 0.1) is 5.82 Å². The molecule has 18 heavy (non-hydrogen) atoms. The SMILES string of the molecule is COc1cccc(F)c1C(=O)CCN(C)C1CC1. The molecule has 0 atom stereocenters. The van der Waals surface area contributed by atoms with Gasteiger partial charge in [-0.05, 0) is 32.0 Å². The highest BCUT2D eigenvalue weighted by atomic mass is 19.1. The molecule has 98 valence electrons. The monoisotopic (exact) mass is 251 g/mol. The molecule has 4 heteroatoms. The van der Waals surface area contributed by atoms with E-state index in [0.29, 0.717) is 24.8 Å². The number of carbonyl (C=O) groups is 1. The molecule has 0 aromatic heterocycles. The number of nitrogens with zero attached hydrogens (tertiary/aromatic N) is 1. The minimum Gasteiger partial charge on any atom is -0.496 e. The molecular formula is C14H18FNO2. The molecule has 0 heterocycles. The summed E-state index contributed by atoms with van der Waals surface area (Å²) in [4.78, 5) is 14.2. The molecule has 0 N–H and O–H groups in total. The van der Waals surface area contributed by atoms with E-state index in [9.17, 15) is 9.18 Å². The molecule has 2 rings (SSSR count). The van der Waals surface area contributed by atoms with Gasteiger partial charge in [0, 0.05) is 19.0 Å². The van der Waals surface area contributed by atoms with Crippen LogP contribution in [0.5, 0.6) is 5.75 Å². The van der Waals surface area contributed by atoms with E-state index < -0.39 is 5.82 Å². The Morgan fingerprint density at radius 3 is 2.83 bits per heavy atom. The number of methoxy groups -OCH3 is 1. The summed E-state index contributed by atoms with van der Waals surface area (Å²) in [5.41, 5.74) is 0.0733. The van der Waals surface area contributed by atoms with Crippen molar-refractivity contribution in [3.63, 3.8) is 0 Å². The second kappa shape index (κ2) is 5.48. The number of hydrogen-bond donors (Lipinski definition) is 0. The third-order valence-corrected chi connectivity index (χ3v) is 3.34. The zero-order valence-electron chi connectivity index (χ0n) is 10.8. The van der Waals surface area contributed by atoms with Gasteiger partial charge >= 0.3 is 0 Å². The Bertz CT molecular complexity index is 443. The van der Waals surface area contributed by atoms with E-state index in [-0.39, 0.29) is 11.3 Å². The maximum absolute atomic E-state index is 13.7. The number of rotatable bonds is 6. The van der Waals surface area contributed by atoms with Crippen LogP contribution in [0.2, 0.25) is 0 Å². The maximum Gasteiger partial charge on any atom is 0.170 e. The summed E-state index contributed by atoms with van der Waals surface area (Å²) in [6.45, 7) is 0.668. The van der Waals surface area contributed by atoms with Crippen LogP contribution >= 0.6 is 0 Å². The van der Waals surface area contributed by atoms with Crippen LogP contribution in [0.15, 0.2) is 18.2 Å². The largest absolute Gasteiger partial charge is 0.496 e. The smallest absolute Gasteiger partial charge is 0.170 e. The molecule has 0 spiro atoms. The highest BCUT2D eigenvalue weighted by Crippen LogP contribution is 2.26. The van der Waals surface area contributed by atoms with Gasteiger partial charge in [0.05, 0.1) is 12.7 Å². The standard InChI is InChI=1S/C14H18FNO2/c1-16(10-6-7-10)9-8-12(17)14-11(15)4-3-5-13(14)18-2/h3-5,10H,6-9H2,1-2H3. The van der Waals surface area contributed by atoms with Crippen molar-refractivity contribution in [1.82, 2.24) is 4.90 Å². The lowest BCUT2D eigenvalue weighted by Gasteiger charge is -2.15. The Kier molecular flexibility index (Phi) is 3.97. The summed E-state index contributed by atoms with van der Waals surface area (Å²) < 4.78 is 18.7. The van der Waals surface area contributed by atoms with E-state index in [0.717, 1.165) is 0 Å². The number of Topliss-reactive ketones (excluding diaryl/α,β-unsaturated/α-hetero) is 1. The summed E-state index contributed by atoms with van der Waals surface area (Å²) in [5.74, 6) is -0.389. The topological polar surface area (TPSA) is 29.5 Å². The fraction of sp³-hybridized carbons (Fsp3) is 0.500. The number of carbonyl (C=O) groups excluding carboxylic acids is 1. The molecule has 1 aromatic rings. The van der Waals surface area contributed by atoms with E-state index in [1.54, 1.807) is 12.1 Å². The van der Waals surface area contributed by atoms with Crippen molar-refractivity contribution in [2.24, 2.45) is 0 Å². The Balaban J connectivity index is 2.03. The Morgan fingerprint density at radius 2 is 2.22 bits per heavy atom. The van der Waals surface area contributed by atoms with Gasteiger partial charge in [0.2, 0.25) is 0 Å². The van der Waals surface area contributed by atoms with E-state index in [4.69, 9.17) is 4.74 Å². The van der Waals surface area contributed by atoms with Gasteiger partial charge in [0.1, 0.15) is 11.6 Å². The average Bonchev–Trinajstić information content (AvgIpc) is 3.19. The lowest BCUT2D eigenvalue weighted by Crippen LogP contribution is -2.24. The van der Waals surface area contributed by atoms with E-state index in [1.807, 2.05) is 7.05 Å². The quantitative estimate of drug-likeness (QED) is 0.727. The van der Waals surface area contributed by atoms with E-state index in [1.165, 1.54) is 26.0 Å². The first-order valence-electron chi connectivity index (χ1n) is 6.19. The molecular weight excluding hydrogens is 233 g/mol. The van der Waals surface area contributed by atoms with Gasteiger partial charge in [-0.2, -0.15) is 0 Å². The van der Waals surface area contributed by atoms with Gasteiger partial charge < -0.3 is 9.64 Å². The third-order valence-electron chi connectivity index (χ3n) is 3.34. The molecule has 0 aliphatic heterocycles. The molecule has 1 fully saturated rings. The van der Waals surface area contributed by atoms with Gasteiger partial charge in [0.15, 0.2) is 5.78 Å². The molecule has 1 saturated carbocycles. The van der Waals surface area contributed by atoms with E-state index >= 15 is 0 Å². The molecule has 1 aliphatic carbocycles. The first-order valence-corrected chi connectivity index (χ1v) is 6.19. The number of ether oxygens (including phenoxy) is 1. The van der Waals surface area contributed by atoms with Crippen LogP contribution < -0.4 is 4.74 Å². The predicted octanol–water partition coefficient (Wildman–Crippen LogP) is 2.50. The van der Waals surface area contributed by atoms with Crippen LogP contribution in [-0.4, -0.2) is 37.4 Å². The Labute approximate surface area is 107 Å². The van der Waals surface area contributed by atoms with Gasteiger partial charge in [-0.3, -0.25) is 4.79 Å². The van der Waals surface area contributed by atoms with Crippen molar-refractivity contribution in [2.45, 2.75) is 25.3 Å². The molecule has 0 radical (unpaired) electrons. The molecule has 1 aromatic carbocycles. The lowest BCUT2D eigenvalue weighted by atomic mass is 10.1. The number of ketones is 1. The van der Waals surface area contributed by atoms with Gasteiger partial charge in [-0.1, -0.05) is 6.07 Å². The Hall–Kier alpha value is -1.42. The normalized spacial score (nSPS) is 14.9. The highest BCUT2D eigenvalue weighted by Gasteiger charge is 2.26. The summed E-state index contributed by atoms with van der Waals surface area (Å²) >= 11 is 0. The average molecular weight is 251 g/mol. The maximum atomic E-state index is 13.7. The van der Waals surface area contributed by atoms with Crippen molar-refractivity contribution < 1.29 is 13.9 Å². The summed E-state index contributed by atoms with van der Waals surface area (Å²) in [6, 6.07) is 5.06. The van der Waals surface area contributed by atoms with Crippen LogP contribution in [0.1, 0.15) is 29.6 Å². The van der Waals surface area contributed by atoms with Crippen molar-refractivity contribution >= 4 is 5.78 Å². The summed E-state index contributed by atoms with van der Waals surface area (Å²) in [7, 11) is 3.45. The molecule has 1 aliphatic rings. The number of benzene rings is 1. The van der Waals surface area contributed by atoms with Crippen LogP contribution in [0.4, 0.5) is 4.39 Å².